The summed E-state index contributed by atoms with van der Waals surface area (Å²) in [4.78, 5) is 27.5. The number of rotatable bonds is 5. The van der Waals surface area contributed by atoms with Crippen molar-refractivity contribution in [2.45, 2.75) is 13.0 Å². The average molecular weight is 338 g/mol. The van der Waals surface area contributed by atoms with Crippen LogP contribution in [0, 0.1) is 6.92 Å². The molecule has 1 atom stereocenters. The van der Waals surface area contributed by atoms with Crippen molar-refractivity contribution >= 4 is 5.91 Å². The predicted octanol–water partition coefficient (Wildman–Crippen LogP) is 2.41. The third kappa shape index (κ3) is 3.54. The smallest absolute Gasteiger partial charge is 0.261 e. The molecule has 6 nitrogen and oxygen atoms in total. The topological polar surface area (TPSA) is 95.3 Å². The Morgan fingerprint density at radius 3 is 2.64 bits per heavy atom. The van der Waals surface area contributed by atoms with Crippen LogP contribution in [0.5, 0.6) is 0 Å². The van der Waals surface area contributed by atoms with E-state index < -0.39 is 17.5 Å². The van der Waals surface area contributed by atoms with E-state index in [-0.39, 0.29) is 12.2 Å². The van der Waals surface area contributed by atoms with Crippen molar-refractivity contribution in [2.75, 3.05) is 6.61 Å². The number of aliphatic hydroxyl groups excluding tert-OH is 1. The zero-order valence-electron chi connectivity index (χ0n) is 13.7. The van der Waals surface area contributed by atoms with E-state index in [9.17, 15) is 14.7 Å². The molecule has 0 radical (unpaired) electrons. The number of benzene rings is 1. The first-order chi connectivity index (χ1) is 12.1. The Morgan fingerprint density at radius 2 is 2.00 bits per heavy atom. The van der Waals surface area contributed by atoms with Gasteiger partial charge in [0.25, 0.3) is 11.5 Å². The van der Waals surface area contributed by atoms with Gasteiger partial charge in [-0.3, -0.25) is 9.59 Å². The number of aromatic amines is 1. The van der Waals surface area contributed by atoms with Crippen LogP contribution in [-0.2, 0) is 0 Å². The summed E-state index contributed by atoms with van der Waals surface area (Å²) < 4.78 is 5.21. The number of aliphatic hydroxyl groups is 1. The second-order valence-corrected chi connectivity index (χ2v) is 5.64. The van der Waals surface area contributed by atoms with E-state index >= 15 is 0 Å². The largest absolute Gasteiger partial charge is 0.467 e. The molecule has 128 valence electrons. The van der Waals surface area contributed by atoms with Crippen molar-refractivity contribution < 1.29 is 14.3 Å². The highest BCUT2D eigenvalue weighted by Crippen LogP contribution is 2.22. The Hall–Kier alpha value is -3.12. The second-order valence-electron chi connectivity index (χ2n) is 5.64. The SMILES string of the molecule is Cc1[nH]c(=O)c(C(=O)NC(CO)c2ccco2)cc1-c1ccccc1. The minimum Gasteiger partial charge on any atom is -0.467 e. The molecule has 1 aromatic carbocycles. The van der Waals surface area contributed by atoms with Gasteiger partial charge in [-0.25, -0.2) is 0 Å². The van der Waals surface area contributed by atoms with Gasteiger partial charge in [0.2, 0.25) is 0 Å². The number of nitrogens with one attached hydrogen (secondary N) is 2. The van der Waals surface area contributed by atoms with Gasteiger partial charge >= 0.3 is 0 Å². The fraction of sp³-hybridized carbons (Fsp3) is 0.158. The van der Waals surface area contributed by atoms with Crippen LogP contribution in [0.3, 0.4) is 0 Å². The summed E-state index contributed by atoms with van der Waals surface area (Å²) >= 11 is 0. The molecule has 2 heterocycles. The molecular weight excluding hydrogens is 320 g/mol. The maximum absolute atomic E-state index is 12.5. The molecule has 2 aromatic heterocycles. The second kappa shape index (κ2) is 7.19. The van der Waals surface area contributed by atoms with Gasteiger partial charge in [0.15, 0.2) is 0 Å². The van der Waals surface area contributed by atoms with Gasteiger partial charge in [-0.2, -0.15) is 0 Å². The third-order valence-electron chi connectivity index (χ3n) is 3.94. The summed E-state index contributed by atoms with van der Waals surface area (Å²) in [5, 5.41) is 12.1. The highest BCUT2D eigenvalue weighted by atomic mass is 16.3. The summed E-state index contributed by atoms with van der Waals surface area (Å²) in [5.74, 6) is -0.156. The van der Waals surface area contributed by atoms with Crippen LogP contribution in [0.25, 0.3) is 11.1 Å². The minimum absolute atomic E-state index is 0.0190. The van der Waals surface area contributed by atoms with Crippen LogP contribution < -0.4 is 10.9 Å². The van der Waals surface area contributed by atoms with Crippen LogP contribution in [-0.4, -0.2) is 22.6 Å². The highest BCUT2D eigenvalue weighted by molar-refractivity contribution is 5.95. The Kier molecular flexibility index (Phi) is 4.81. The summed E-state index contributed by atoms with van der Waals surface area (Å²) in [7, 11) is 0. The molecule has 0 aliphatic carbocycles. The number of amides is 1. The van der Waals surface area contributed by atoms with Gasteiger partial charge in [0.1, 0.15) is 17.4 Å². The van der Waals surface area contributed by atoms with Gasteiger partial charge in [-0.05, 0) is 30.7 Å². The Bertz CT molecular complexity index is 914. The molecule has 0 aliphatic heterocycles. The first-order valence-electron chi connectivity index (χ1n) is 7.84. The number of aromatic nitrogens is 1. The number of pyridine rings is 1. The van der Waals surface area contributed by atoms with Crippen molar-refractivity contribution in [1.29, 1.82) is 0 Å². The lowest BCUT2D eigenvalue weighted by molar-refractivity contribution is 0.0906. The lowest BCUT2D eigenvalue weighted by Crippen LogP contribution is -2.34. The van der Waals surface area contributed by atoms with Gasteiger partial charge in [-0.15, -0.1) is 0 Å². The monoisotopic (exact) mass is 338 g/mol. The number of carbonyl (C=O) groups excluding carboxylic acids is 1. The Labute approximate surface area is 144 Å². The fourth-order valence-electron chi connectivity index (χ4n) is 2.64. The van der Waals surface area contributed by atoms with E-state index in [1.54, 1.807) is 25.1 Å². The maximum atomic E-state index is 12.5. The quantitative estimate of drug-likeness (QED) is 0.666. The highest BCUT2D eigenvalue weighted by Gasteiger charge is 2.20. The van der Waals surface area contributed by atoms with Gasteiger partial charge in [0, 0.05) is 11.3 Å². The van der Waals surface area contributed by atoms with Crippen LogP contribution in [0.1, 0.15) is 27.9 Å². The zero-order chi connectivity index (χ0) is 17.8. The average Bonchev–Trinajstić information content (AvgIpc) is 3.14. The number of carbonyl (C=O) groups is 1. The van der Waals surface area contributed by atoms with E-state index in [0.29, 0.717) is 11.5 Å². The van der Waals surface area contributed by atoms with Crippen molar-refractivity contribution in [3.63, 3.8) is 0 Å². The molecule has 0 saturated heterocycles. The molecule has 3 N–H and O–H groups in total. The van der Waals surface area contributed by atoms with E-state index in [4.69, 9.17) is 4.42 Å². The van der Waals surface area contributed by atoms with E-state index in [1.165, 1.54) is 6.26 Å². The van der Waals surface area contributed by atoms with Gasteiger partial charge in [-0.1, -0.05) is 30.3 Å². The van der Waals surface area contributed by atoms with Crippen LogP contribution >= 0.6 is 0 Å². The Balaban J connectivity index is 1.94. The number of aryl methyl sites for hydroxylation is 1. The molecule has 0 saturated carbocycles. The normalized spacial score (nSPS) is 11.9. The van der Waals surface area contributed by atoms with Crippen LogP contribution in [0.2, 0.25) is 0 Å². The van der Waals surface area contributed by atoms with E-state index in [1.807, 2.05) is 30.3 Å². The van der Waals surface area contributed by atoms with Crippen LogP contribution in [0.4, 0.5) is 0 Å². The minimum atomic E-state index is -0.719. The number of H-pyrrole nitrogens is 1. The molecule has 0 aliphatic rings. The molecule has 0 spiro atoms. The molecule has 1 unspecified atom stereocenters. The molecule has 25 heavy (non-hydrogen) atoms. The van der Waals surface area contributed by atoms with Crippen molar-refractivity contribution in [3.8, 4) is 11.1 Å². The van der Waals surface area contributed by atoms with Gasteiger partial charge in [0.05, 0.1) is 12.9 Å². The van der Waals surface area contributed by atoms with E-state index in [2.05, 4.69) is 10.3 Å². The molecular formula is C19H18N2O4. The molecule has 0 fully saturated rings. The number of hydrogen-bond acceptors (Lipinski definition) is 4. The fourth-order valence-corrected chi connectivity index (χ4v) is 2.64. The predicted molar refractivity (Wildman–Crippen MR) is 93.2 cm³/mol. The summed E-state index contributed by atoms with van der Waals surface area (Å²) in [6.07, 6.45) is 1.45. The lowest BCUT2D eigenvalue weighted by Gasteiger charge is -2.14. The lowest BCUT2D eigenvalue weighted by atomic mass is 10.0. The molecule has 3 rings (SSSR count). The van der Waals surface area contributed by atoms with Gasteiger partial charge < -0.3 is 19.8 Å². The summed E-state index contributed by atoms with van der Waals surface area (Å²) in [6.45, 7) is 1.44. The molecule has 0 bridgehead atoms. The van der Waals surface area contributed by atoms with Crippen molar-refractivity contribution in [3.05, 3.63) is 82.2 Å². The zero-order valence-corrected chi connectivity index (χ0v) is 13.7. The van der Waals surface area contributed by atoms with Crippen molar-refractivity contribution in [1.82, 2.24) is 10.3 Å². The standard InChI is InChI=1S/C19H18N2O4/c1-12-14(13-6-3-2-4-7-13)10-15(18(23)20-12)19(24)21-16(11-22)17-8-5-9-25-17/h2-10,16,22H,11H2,1H3,(H,20,23)(H,21,24). The molecule has 6 heteroatoms. The van der Waals surface area contributed by atoms with Crippen molar-refractivity contribution in [2.24, 2.45) is 0 Å². The third-order valence-corrected chi connectivity index (χ3v) is 3.94. The summed E-state index contributed by atoms with van der Waals surface area (Å²) in [5.41, 5.74) is 1.84. The van der Waals surface area contributed by atoms with Crippen LogP contribution in [0.15, 0.2) is 64.0 Å². The Morgan fingerprint density at radius 1 is 1.24 bits per heavy atom. The number of hydrogen-bond donors (Lipinski definition) is 3. The van der Waals surface area contributed by atoms with E-state index in [0.717, 1.165) is 11.1 Å². The molecule has 3 aromatic rings. The maximum Gasteiger partial charge on any atom is 0.261 e. The number of furan rings is 1. The first-order valence-corrected chi connectivity index (χ1v) is 7.84. The first kappa shape index (κ1) is 16.7. The summed E-state index contributed by atoms with van der Waals surface area (Å²) in [6, 6.07) is 13.6. The molecule has 1 amide bonds.